The van der Waals surface area contributed by atoms with E-state index in [0.29, 0.717) is 19.0 Å². The number of aromatic nitrogens is 3. The van der Waals surface area contributed by atoms with Crippen LogP contribution in [-0.4, -0.2) is 40.6 Å². The number of rotatable bonds is 4. The molecule has 4 rings (SSSR count). The number of hydrogen-bond donors (Lipinski definition) is 0. The van der Waals surface area contributed by atoms with Gasteiger partial charge in [0, 0.05) is 36.4 Å². The zero-order chi connectivity index (χ0) is 18.6. The first-order chi connectivity index (χ1) is 13.3. The molecule has 2 aromatic heterocycles. The Morgan fingerprint density at radius 2 is 2.11 bits per heavy atom. The molecule has 3 aromatic rings. The summed E-state index contributed by atoms with van der Waals surface area (Å²) in [6.07, 6.45) is 5.30. The van der Waals surface area contributed by atoms with Crippen molar-refractivity contribution in [3.63, 3.8) is 0 Å². The topological polar surface area (TPSA) is 68.2 Å². The molecule has 1 aromatic carbocycles. The summed E-state index contributed by atoms with van der Waals surface area (Å²) in [6.45, 7) is 3.74. The summed E-state index contributed by atoms with van der Waals surface area (Å²) < 4.78 is 5.24. The molecule has 0 spiro atoms. The van der Waals surface area contributed by atoms with Gasteiger partial charge in [0.25, 0.3) is 0 Å². The number of carbonyl (C=O) groups excluding carboxylic acids is 1. The van der Waals surface area contributed by atoms with Gasteiger partial charge in [0.05, 0.1) is 18.0 Å². The third-order valence-electron chi connectivity index (χ3n) is 4.84. The van der Waals surface area contributed by atoms with Crippen molar-refractivity contribution in [1.82, 2.24) is 15.0 Å². The van der Waals surface area contributed by atoms with Crippen LogP contribution < -0.4 is 4.90 Å². The molecule has 1 atom stereocenters. The summed E-state index contributed by atoms with van der Waals surface area (Å²) in [5, 5.41) is 0.995. The number of anilines is 1. The zero-order valence-electron chi connectivity index (χ0n) is 15.3. The van der Waals surface area contributed by atoms with E-state index in [-0.39, 0.29) is 11.9 Å². The molecular formula is C21H22N4O2. The number of benzene rings is 1. The Hall–Kier alpha value is -3.02. The first-order valence-corrected chi connectivity index (χ1v) is 9.35. The first-order valence-electron chi connectivity index (χ1n) is 9.35. The SMILES string of the molecule is CCOC(=O)C1CCCN(c2nc(-c3cccnc3)nc3ccccc23)C1. The van der Waals surface area contributed by atoms with E-state index in [1.807, 2.05) is 43.3 Å². The number of hydrogen-bond acceptors (Lipinski definition) is 6. The van der Waals surface area contributed by atoms with E-state index >= 15 is 0 Å². The van der Waals surface area contributed by atoms with Gasteiger partial charge in [0.1, 0.15) is 5.82 Å². The maximum atomic E-state index is 12.2. The molecular weight excluding hydrogens is 340 g/mol. The molecule has 1 unspecified atom stereocenters. The van der Waals surface area contributed by atoms with Crippen LogP contribution in [0.25, 0.3) is 22.3 Å². The number of pyridine rings is 1. The van der Waals surface area contributed by atoms with E-state index in [1.54, 1.807) is 12.4 Å². The van der Waals surface area contributed by atoms with Gasteiger partial charge in [-0.05, 0) is 44.0 Å². The number of nitrogens with zero attached hydrogens (tertiary/aromatic N) is 4. The van der Waals surface area contributed by atoms with Crippen LogP contribution in [0.5, 0.6) is 0 Å². The molecule has 1 fully saturated rings. The van der Waals surface area contributed by atoms with E-state index in [9.17, 15) is 4.79 Å². The van der Waals surface area contributed by atoms with Crippen LogP contribution in [0.4, 0.5) is 5.82 Å². The lowest BCUT2D eigenvalue weighted by Crippen LogP contribution is -2.40. The molecule has 0 bridgehead atoms. The van der Waals surface area contributed by atoms with Gasteiger partial charge in [-0.1, -0.05) is 12.1 Å². The van der Waals surface area contributed by atoms with Crippen LogP contribution in [0.15, 0.2) is 48.8 Å². The van der Waals surface area contributed by atoms with Gasteiger partial charge < -0.3 is 9.64 Å². The standard InChI is InChI=1S/C21H22N4O2/c1-2-27-21(26)16-8-6-12-25(14-16)20-17-9-3-4-10-18(17)23-19(24-20)15-7-5-11-22-13-15/h3-5,7,9-11,13,16H,2,6,8,12,14H2,1H3. The van der Waals surface area contributed by atoms with Gasteiger partial charge >= 0.3 is 5.97 Å². The molecule has 6 nitrogen and oxygen atoms in total. The molecule has 0 aliphatic carbocycles. The predicted molar refractivity (Wildman–Crippen MR) is 104 cm³/mol. The number of esters is 1. The van der Waals surface area contributed by atoms with Crippen molar-refractivity contribution in [1.29, 1.82) is 0 Å². The van der Waals surface area contributed by atoms with Crippen LogP contribution in [0.3, 0.4) is 0 Å². The quantitative estimate of drug-likeness (QED) is 0.662. The monoisotopic (exact) mass is 362 g/mol. The van der Waals surface area contributed by atoms with Gasteiger partial charge in [-0.25, -0.2) is 9.97 Å². The molecule has 0 saturated carbocycles. The third-order valence-corrected chi connectivity index (χ3v) is 4.84. The Labute approximate surface area is 158 Å². The molecule has 0 amide bonds. The fourth-order valence-corrected chi connectivity index (χ4v) is 3.55. The van der Waals surface area contributed by atoms with E-state index in [0.717, 1.165) is 41.7 Å². The van der Waals surface area contributed by atoms with Gasteiger partial charge in [0.15, 0.2) is 5.82 Å². The van der Waals surface area contributed by atoms with Gasteiger partial charge in [-0.15, -0.1) is 0 Å². The highest BCUT2D eigenvalue weighted by atomic mass is 16.5. The number of fused-ring (bicyclic) bond motifs is 1. The molecule has 0 N–H and O–H groups in total. The molecule has 1 saturated heterocycles. The lowest BCUT2D eigenvalue weighted by atomic mass is 9.98. The van der Waals surface area contributed by atoms with Gasteiger partial charge in [0.2, 0.25) is 0 Å². The number of ether oxygens (including phenoxy) is 1. The molecule has 6 heteroatoms. The summed E-state index contributed by atoms with van der Waals surface area (Å²) in [7, 11) is 0. The van der Waals surface area contributed by atoms with Crippen LogP contribution in [0.1, 0.15) is 19.8 Å². The highest BCUT2D eigenvalue weighted by molar-refractivity contribution is 5.91. The van der Waals surface area contributed by atoms with E-state index in [2.05, 4.69) is 9.88 Å². The van der Waals surface area contributed by atoms with Gasteiger partial charge in [-0.2, -0.15) is 0 Å². The minimum atomic E-state index is -0.118. The maximum Gasteiger partial charge on any atom is 0.310 e. The predicted octanol–water partition coefficient (Wildman–Crippen LogP) is 3.47. The van der Waals surface area contributed by atoms with E-state index in [1.165, 1.54) is 0 Å². The number of para-hydroxylation sites is 1. The molecule has 0 radical (unpaired) electrons. The van der Waals surface area contributed by atoms with Crippen molar-refractivity contribution in [3.8, 4) is 11.4 Å². The van der Waals surface area contributed by atoms with Crippen molar-refractivity contribution in [3.05, 3.63) is 48.8 Å². The number of piperidine rings is 1. The lowest BCUT2D eigenvalue weighted by Gasteiger charge is -2.33. The Bertz CT molecular complexity index is 945. The Morgan fingerprint density at radius 3 is 2.93 bits per heavy atom. The van der Waals surface area contributed by atoms with Crippen LogP contribution in [-0.2, 0) is 9.53 Å². The van der Waals surface area contributed by atoms with Crippen molar-refractivity contribution >= 4 is 22.7 Å². The summed E-state index contributed by atoms with van der Waals surface area (Å²) >= 11 is 0. The summed E-state index contributed by atoms with van der Waals surface area (Å²) in [4.78, 5) is 28.2. The van der Waals surface area contributed by atoms with Crippen molar-refractivity contribution in [2.75, 3.05) is 24.6 Å². The smallest absolute Gasteiger partial charge is 0.310 e. The second-order valence-corrected chi connectivity index (χ2v) is 6.67. The second-order valence-electron chi connectivity index (χ2n) is 6.67. The van der Waals surface area contributed by atoms with Crippen LogP contribution >= 0.6 is 0 Å². The highest BCUT2D eigenvalue weighted by Gasteiger charge is 2.28. The first kappa shape index (κ1) is 17.4. The average molecular weight is 362 g/mol. The molecule has 3 heterocycles. The molecule has 138 valence electrons. The Kier molecular flexibility index (Phi) is 4.96. The molecule has 1 aliphatic rings. The maximum absolute atomic E-state index is 12.2. The summed E-state index contributed by atoms with van der Waals surface area (Å²) in [5.41, 5.74) is 1.77. The normalized spacial score (nSPS) is 17.1. The summed E-state index contributed by atoms with van der Waals surface area (Å²) in [5.74, 6) is 1.28. The zero-order valence-corrected chi connectivity index (χ0v) is 15.3. The van der Waals surface area contributed by atoms with Crippen LogP contribution in [0.2, 0.25) is 0 Å². The largest absolute Gasteiger partial charge is 0.466 e. The Balaban J connectivity index is 1.75. The van der Waals surface area contributed by atoms with Crippen molar-refractivity contribution in [2.24, 2.45) is 5.92 Å². The lowest BCUT2D eigenvalue weighted by molar-refractivity contribution is -0.148. The molecule has 27 heavy (non-hydrogen) atoms. The fraction of sp³-hybridized carbons (Fsp3) is 0.333. The van der Waals surface area contributed by atoms with Crippen molar-refractivity contribution < 1.29 is 9.53 Å². The minimum Gasteiger partial charge on any atom is -0.466 e. The Morgan fingerprint density at radius 1 is 1.22 bits per heavy atom. The number of carbonyl (C=O) groups is 1. The van der Waals surface area contributed by atoms with E-state index < -0.39 is 0 Å². The van der Waals surface area contributed by atoms with Crippen molar-refractivity contribution in [2.45, 2.75) is 19.8 Å². The second kappa shape index (κ2) is 7.70. The fourth-order valence-electron chi connectivity index (χ4n) is 3.55. The highest BCUT2D eigenvalue weighted by Crippen LogP contribution is 2.30. The summed E-state index contributed by atoms with van der Waals surface area (Å²) in [6, 6.07) is 11.8. The van der Waals surface area contributed by atoms with Gasteiger partial charge in [-0.3, -0.25) is 9.78 Å². The average Bonchev–Trinajstić information content (AvgIpc) is 2.74. The minimum absolute atomic E-state index is 0.116. The van der Waals surface area contributed by atoms with Crippen LogP contribution in [0, 0.1) is 5.92 Å². The van der Waals surface area contributed by atoms with E-state index in [4.69, 9.17) is 14.7 Å². The molecule has 1 aliphatic heterocycles. The third kappa shape index (κ3) is 3.60.